The molecule has 128 valence electrons. The van der Waals surface area contributed by atoms with Crippen molar-refractivity contribution in [2.24, 2.45) is 0 Å². The molecular formula is C18H17ClN4OS. The predicted octanol–water partition coefficient (Wildman–Crippen LogP) is 3.61. The number of carbonyl (C=O) groups excluding carboxylic acids is 1. The lowest BCUT2D eigenvalue weighted by Crippen LogP contribution is -2.25. The van der Waals surface area contributed by atoms with Crippen LogP contribution in [0, 0.1) is 0 Å². The molecular weight excluding hydrogens is 356 g/mol. The Morgan fingerprint density at radius 1 is 1.12 bits per heavy atom. The Hall–Kier alpha value is -2.44. The van der Waals surface area contributed by atoms with Crippen LogP contribution in [0.25, 0.3) is 0 Å². The summed E-state index contributed by atoms with van der Waals surface area (Å²) in [5.74, 6) is -0.137. The number of rotatable bonds is 6. The van der Waals surface area contributed by atoms with E-state index >= 15 is 0 Å². The second kappa shape index (κ2) is 8.09. The number of nitrogens with zero attached hydrogens (tertiary/aromatic N) is 2. The number of nitrogen functional groups attached to an aromatic ring is 1. The monoisotopic (exact) mass is 372 g/mol. The SMILES string of the molecule is Nc1nnc(CNC(=O)C[C@H](c2ccccc2)c2cccc(Cl)c2)s1. The number of hydrogen-bond acceptors (Lipinski definition) is 5. The van der Waals surface area contributed by atoms with Gasteiger partial charge in [0.05, 0.1) is 6.54 Å². The normalized spacial score (nSPS) is 11.9. The van der Waals surface area contributed by atoms with E-state index in [-0.39, 0.29) is 11.8 Å². The quantitative estimate of drug-likeness (QED) is 0.692. The number of amides is 1. The molecule has 1 atom stereocenters. The molecule has 0 saturated carbocycles. The summed E-state index contributed by atoms with van der Waals surface area (Å²) in [5, 5.41) is 12.3. The Morgan fingerprint density at radius 2 is 1.88 bits per heavy atom. The predicted molar refractivity (Wildman–Crippen MR) is 101 cm³/mol. The van der Waals surface area contributed by atoms with Crippen molar-refractivity contribution < 1.29 is 4.79 Å². The van der Waals surface area contributed by atoms with E-state index in [0.717, 1.165) is 11.1 Å². The molecule has 0 spiro atoms. The Morgan fingerprint density at radius 3 is 2.56 bits per heavy atom. The molecule has 0 saturated heterocycles. The van der Waals surface area contributed by atoms with Crippen molar-refractivity contribution in [1.29, 1.82) is 0 Å². The molecule has 2 aromatic carbocycles. The van der Waals surface area contributed by atoms with Crippen LogP contribution in [0.1, 0.15) is 28.5 Å². The molecule has 0 bridgehead atoms. The minimum Gasteiger partial charge on any atom is -0.374 e. The summed E-state index contributed by atoms with van der Waals surface area (Å²) in [5.41, 5.74) is 7.63. The van der Waals surface area contributed by atoms with Gasteiger partial charge in [-0.25, -0.2) is 0 Å². The van der Waals surface area contributed by atoms with E-state index < -0.39 is 0 Å². The minimum atomic E-state index is -0.0700. The fourth-order valence-corrected chi connectivity index (χ4v) is 3.35. The zero-order valence-electron chi connectivity index (χ0n) is 13.4. The first-order valence-corrected chi connectivity index (χ1v) is 8.96. The fourth-order valence-electron chi connectivity index (χ4n) is 2.61. The Balaban J connectivity index is 1.74. The molecule has 3 rings (SSSR count). The summed E-state index contributed by atoms with van der Waals surface area (Å²) >= 11 is 7.40. The zero-order valence-corrected chi connectivity index (χ0v) is 14.9. The third-order valence-corrected chi connectivity index (χ3v) is 4.75. The standard InChI is InChI=1S/C18H17ClN4OS/c19-14-8-4-7-13(9-14)15(12-5-2-1-3-6-12)10-16(24)21-11-17-22-23-18(20)25-17/h1-9,15H,10-11H2,(H2,20,23)(H,21,24)/t15-/m1/s1. The van der Waals surface area contributed by atoms with Crippen molar-refractivity contribution in [1.82, 2.24) is 15.5 Å². The molecule has 3 N–H and O–H groups in total. The molecule has 3 aromatic rings. The summed E-state index contributed by atoms with van der Waals surface area (Å²) in [4.78, 5) is 12.4. The number of nitrogens with one attached hydrogen (secondary N) is 1. The molecule has 1 amide bonds. The molecule has 0 unspecified atom stereocenters. The van der Waals surface area contributed by atoms with Crippen LogP contribution in [-0.2, 0) is 11.3 Å². The maximum Gasteiger partial charge on any atom is 0.221 e. The van der Waals surface area contributed by atoms with Crippen LogP contribution in [-0.4, -0.2) is 16.1 Å². The second-order valence-corrected chi connectivity index (χ2v) is 7.06. The Labute approximate surface area is 154 Å². The minimum absolute atomic E-state index is 0.0670. The lowest BCUT2D eigenvalue weighted by atomic mass is 9.88. The molecule has 5 nitrogen and oxygen atoms in total. The number of anilines is 1. The summed E-state index contributed by atoms with van der Waals surface area (Å²) in [6.07, 6.45) is 0.318. The van der Waals surface area contributed by atoms with Gasteiger partial charge in [-0.3, -0.25) is 4.79 Å². The van der Waals surface area contributed by atoms with Crippen molar-refractivity contribution >= 4 is 34.0 Å². The van der Waals surface area contributed by atoms with Crippen molar-refractivity contribution in [2.75, 3.05) is 5.73 Å². The van der Waals surface area contributed by atoms with E-state index in [1.165, 1.54) is 11.3 Å². The van der Waals surface area contributed by atoms with Gasteiger partial charge in [-0.1, -0.05) is 65.4 Å². The molecule has 7 heteroatoms. The third kappa shape index (κ3) is 4.78. The van der Waals surface area contributed by atoms with Gasteiger partial charge in [0.15, 0.2) is 0 Å². The van der Waals surface area contributed by atoms with Crippen molar-refractivity contribution in [3.63, 3.8) is 0 Å². The highest BCUT2D eigenvalue weighted by Gasteiger charge is 2.18. The van der Waals surface area contributed by atoms with Gasteiger partial charge in [-0.05, 0) is 23.3 Å². The average Bonchev–Trinajstić information content (AvgIpc) is 3.04. The number of aromatic nitrogens is 2. The van der Waals surface area contributed by atoms with Gasteiger partial charge < -0.3 is 11.1 Å². The van der Waals surface area contributed by atoms with Gasteiger partial charge in [-0.15, -0.1) is 10.2 Å². The van der Waals surface area contributed by atoms with E-state index in [4.69, 9.17) is 17.3 Å². The third-order valence-electron chi connectivity index (χ3n) is 3.76. The summed E-state index contributed by atoms with van der Waals surface area (Å²) in [6, 6.07) is 17.5. The van der Waals surface area contributed by atoms with Crippen molar-refractivity contribution in [2.45, 2.75) is 18.9 Å². The topological polar surface area (TPSA) is 80.9 Å². The lowest BCUT2D eigenvalue weighted by molar-refractivity contribution is -0.121. The first kappa shape index (κ1) is 17.4. The van der Waals surface area contributed by atoms with Gasteiger partial charge in [0.2, 0.25) is 11.0 Å². The lowest BCUT2D eigenvalue weighted by Gasteiger charge is -2.18. The first-order chi connectivity index (χ1) is 12.1. The van der Waals surface area contributed by atoms with Crippen LogP contribution < -0.4 is 11.1 Å². The number of nitrogens with two attached hydrogens (primary N) is 1. The van der Waals surface area contributed by atoms with Crippen LogP contribution in [0.5, 0.6) is 0 Å². The number of halogens is 1. The van der Waals surface area contributed by atoms with E-state index in [9.17, 15) is 4.79 Å². The highest BCUT2D eigenvalue weighted by molar-refractivity contribution is 7.15. The van der Waals surface area contributed by atoms with Gasteiger partial charge in [-0.2, -0.15) is 0 Å². The summed E-state index contributed by atoms with van der Waals surface area (Å²) in [7, 11) is 0. The van der Waals surface area contributed by atoms with E-state index in [1.54, 1.807) is 0 Å². The van der Waals surface area contributed by atoms with Crippen LogP contribution in [0.2, 0.25) is 5.02 Å². The van der Waals surface area contributed by atoms with Gasteiger partial charge in [0.1, 0.15) is 5.01 Å². The largest absolute Gasteiger partial charge is 0.374 e. The summed E-state index contributed by atoms with van der Waals surface area (Å²) in [6.45, 7) is 0.324. The first-order valence-electron chi connectivity index (χ1n) is 7.77. The van der Waals surface area contributed by atoms with Crippen molar-refractivity contribution in [3.05, 3.63) is 75.8 Å². The summed E-state index contributed by atoms with van der Waals surface area (Å²) < 4.78 is 0. The van der Waals surface area contributed by atoms with Crippen LogP contribution in [0.4, 0.5) is 5.13 Å². The zero-order chi connectivity index (χ0) is 17.6. The molecule has 0 radical (unpaired) electrons. The molecule has 0 aliphatic rings. The molecule has 1 aromatic heterocycles. The highest BCUT2D eigenvalue weighted by atomic mass is 35.5. The van der Waals surface area contributed by atoms with Crippen LogP contribution in [0.3, 0.4) is 0 Å². The number of carbonyl (C=O) groups is 1. The van der Waals surface area contributed by atoms with Crippen molar-refractivity contribution in [3.8, 4) is 0 Å². The van der Waals surface area contributed by atoms with E-state index in [2.05, 4.69) is 15.5 Å². The Bertz CT molecular complexity index is 853. The molecule has 0 fully saturated rings. The average molecular weight is 373 g/mol. The molecule has 0 aliphatic heterocycles. The smallest absolute Gasteiger partial charge is 0.221 e. The van der Waals surface area contributed by atoms with Gasteiger partial charge in [0, 0.05) is 17.4 Å². The van der Waals surface area contributed by atoms with E-state index in [0.29, 0.717) is 28.1 Å². The maximum absolute atomic E-state index is 12.4. The van der Waals surface area contributed by atoms with Gasteiger partial charge in [0.25, 0.3) is 0 Å². The van der Waals surface area contributed by atoms with Crippen LogP contribution >= 0.6 is 22.9 Å². The fraction of sp³-hybridized carbons (Fsp3) is 0.167. The second-order valence-electron chi connectivity index (χ2n) is 5.53. The van der Waals surface area contributed by atoms with Crippen LogP contribution in [0.15, 0.2) is 54.6 Å². The number of benzene rings is 2. The molecule has 0 aliphatic carbocycles. The molecule has 1 heterocycles. The molecule has 25 heavy (non-hydrogen) atoms. The Kier molecular flexibility index (Phi) is 5.63. The maximum atomic E-state index is 12.4. The highest BCUT2D eigenvalue weighted by Crippen LogP contribution is 2.29. The van der Waals surface area contributed by atoms with E-state index in [1.807, 2.05) is 54.6 Å². The van der Waals surface area contributed by atoms with Gasteiger partial charge >= 0.3 is 0 Å². The number of hydrogen-bond donors (Lipinski definition) is 2.